The quantitative estimate of drug-likeness (QED) is 0.557. The van der Waals surface area contributed by atoms with Crippen molar-refractivity contribution in [2.75, 3.05) is 5.32 Å². The Labute approximate surface area is 157 Å². The summed E-state index contributed by atoms with van der Waals surface area (Å²) < 4.78 is 46.8. The second-order valence-electron chi connectivity index (χ2n) is 5.01. The number of benzene rings is 2. The van der Waals surface area contributed by atoms with Crippen LogP contribution in [0.15, 0.2) is 46.9 Å². The minimum Gasteiger partial charge on any atom is -0.444 e. The van der Waals surface area contributed by atoms with Crippen molar-refractivity contribution < 1.29 is 27.4 Å². The summed E-state index contributed by atoms with van der Waals surface area (Å²) in [6.07, 6.45) is -5.50. The van der Waals surface area contributed by atoms with Gasteiger partial charge in [0.25, 0.3) is 0 Å². The highest BCUT2D eigenvalue weighted by Gasteiger charge is 2.31. The number of carbonyl (C=O) groups excluding carboxylic acids is 1. The molecule has 0 saturated carbocycles. The molecule has 2 aromatic carbocycles. The van der Waals surface area contributed by atoms with Gasteiger partial charge in [-0.05, 0) is 27.6 Å². The van der Waals surface area contributed by atoms with Crippen molar-refractivity contribution >= 4 is 48.7 Å². The Morgan fingerprint density at radius 3 is 2.65 bits per heavy atom. The summed E-state index contributed by atoms with van der Waals surface area (Å²) in [6.45, 7) is 0.0881. The van der Waals surface area contributed by atoms with E-state index < -0.39 is 12.5 Å². The molecule has 10 heteroatoms. The molecule has 1 aromatic heterocycles. The number of hydrogen-bond donors (Lipinski definition) is 1. The van der Waals surface area contributed by atoms with E-state index in [4.69, 9.17) is 4.74 Å². The van der Waals surface area contributed by atoms with Crippen molar-refractivity contribution in [2.24, 2.45) is 0 Å². The number of nitrogens with zero attached hydrogens (tertiary/aromatic N) is 1. The number of amides is 1. The third kappa shape index (κ3) is 4.85. The number of fused-ring (bicyclic) bond motifs is 1. The first-order chi connectivity index (χ1) is 12.3. The van der Waals surface area contributed by atoms with Gasteiger partial charge in [0, 0.05) is 10.5 Å². The Bertz CT molecular complexity index is 932. The van der Waals surface area contributed by atoms with E-state index in [1.54, 1.807) is 0 Å². The molecule has 0 aliphatic heterocycles. The maximum absolute atomic E-state index is 12.4. The summed E-state index contributed by atoms with van der Waals surface area (Å²) in [4.78, 5) is 16.0. The third-order valence-corrected chi connectivity index (χ3v) is 4.60. The van der Waals surface area contributed by atoms with Crippen molar-refractivity contribution in [1.82, 2.24) is 4.98 Å². The zero-order valence-corrected chi connectivity index (χ0v) is 15.2. The molecular formula is C16H10BrF3N2O3S. The summed E-state index contributed by atoms with van der Waals surface area (Å²) >= 11 is 4.15. The molecule has 5 nitrogen and oxygen atoms in total. The molecule has 0 fully saturated rings. The van der Waals surface area contributed by atoms with Crippen LogP contribution in [0, 0.1) is 0 Å². The average Bonchev–Trinajstić information content (AvgIpc) is 2.95. The Morgan fingerprint density at radius 1 is 1.23 bits per heavy atom. The van der Waals surface area contributed by atoms with E-state index in [1.807, 2.05) is 30.3 Å². The summed E-state index contributed by atoms with van der Waals surface area (Å²) in [5.41, 5.74) is 1.23. The fourth-order valence-electron chi connectivity index (χ4n) is 2.06. The Balaban J connectivity index is 1.70. The average molecular weight is 447 g/mol. The maximum atomic E-state index is 12.4. The molecule has 0 spiro atoms. The predicted octanol–water partition coefficient (Wildman–Crippen LogP) is 5.71. The molecule has 1 amide bonds. The molecule has 136 valence electrons. The van der Waals surface area contributed by atoms with E-state index >= 15 is 0 Å². The van der Waals surface area contributed by atoms with Gasteiger partial charge < -0.3 is 9.47 Å². The van der Waals surface area contributed by atoms with Gasteiger partial charge in [0.1, 0.15) is 12.4 Å². The van der Waals surface area contributed by atoms with Gasteiger partial charge in [-0.3, -0.25) is 5.32 Å². The lowest BCUT2D eigenvalue weighted by atomic mass is 10.2. The lowest BCUT2D eigenvalue weighted by Gasteiger charge is -2.08. The molecule has 0 aliphatic carbocycles. The second-order valence-corrected chi connectivity index (χ2v) is 6.89. The molecule has 0 bridgehead atoms. The first kappa shape index (κ1) is 18.5. The van der Waals surface area contributed by atoms with Gasteiger partial charge in [-0.1, -0.05) is 41.7 Å². The van der Waals surface area contributed by atoms with Gasteiger partial charge in [-0.15, -0.1) is 13.2 Å². The summed E-state index contributed by atoms with van der Waals surface area (Å²) in [7, 11) is 0. The summed E-state index contributed by atoms with van der Waals surface area (Å²) in [5.74, 6) is -0.376. The minimum atomic E-state index is -4.79. The smallest absolute Gasteiger partial charge is 0.444 e. The molecule has 3 rings (SSSR count). The highest BCUT2D eigenvalue weighted by atomic mass is 79.9. The fraction of sp³-hybridized carbons (Fsp3) is 0.125. The molecule has 1 heterocycles. The van der Waals surface area contributed by atoms with E-state index in [9.17, 15) is 18.0 Å². The largest absolute Gasteiger partial charge is 0.573 e. The molecule has 0 unspecified atom stereocenters. The SMILES string of the molecule is O=C(Nc1nc2c(Br)cc(OC(F)(F)F)cc2s1)OCc1ccccc1. The maximum Gasteiger partial charge on any atom is 0.573 e. The number of thiazole rings is 1. The molecular weight excluding hydrogens is 437 g/mol. The lowest BCUT2D eigenvalue weighted by molar-refractivity contribution is -0.274. The van der Waals surface area contributed by atoms with Crippen molar-refractivity contribution in [3.05, 3.63) is 52.5 Å². The first-order valence-electron chi connectivity index (χ1n) is 7.14. The van der Waals surface area contributed by atoms with Gasteiger partial charge in [-0.25, -0.2) is 9.78 Å². The Morgan fingerprint density at radius 2 is 1.96 bits per heavy atom. The van der Waals surface area contributed by atoms with Crippen molar-refractivity contribution in [3.8, 4) is 5.75 Å². The molecule has 1 N–H and O–H groups in total. The molecule has 0 saturated heterocycles. The number of alkyl halides is 3. The number of hydrogen-bond acceptors (Lipinski definition) is 5. The monoisotopic (exact) mass is 446 g/mol. The molecule has 0 atom stereocenters. The predicted molar refractivity (Wildman–Crippen MR) is 94.3 cm³/mol. The van der Waals surface area contributed by atoms with Crippen molar-refractivity contribution in [1.29, 1.82) is 0 Å². The highest BCUT2D eigenvalue weighted by molar-refractivity contribution is 9.10. The summed E-state index contributed by atoms with van der Waals surface area (Å²) in [5, 5.41) is 2.66. The molecule has 0 radical (unpaired) electrons. The Hall–Kier alpha value is -2.33. The standard InChI is InChI=1S/C16H10BrF3N2O3S/c17-11-6-10(25-16(18,19)20)7-12-13(11)21-14(26-12)22-15(23)24-8-9-4-2-1-3-5-9/h1-7H,8H2,(H,21,22,23). The lowest BCUT2D eigenvalue weighted by Crippen LogP contribution is -2.17. The van der Waals surface area contributed by atoms with E-state index in [-0.39, 0.29) is 17.5 Å². The fourth-order valence-corrected chi connectivity index (χ4v) is 3.62. The van der Waals surface area contributed by atoms with Crippen LogP contribution in [-0.4, -0.2) is 17.4 Å². The second kappa shape index (κ2) is 7.50. The topological polar surface area (TPSA) is 60.5 Å². The number of ether oxygens (including phenoxy) is 2. The van der Waals surface area contributed by atoms with Crippen LogP contribution in [0.2, 0.25) is 0 Å². The number of nitrogens with one attached hydrogen (secondary N) is 1. The van der Waals surface area contributed by atoms with Crippen LogP contribution in [0.3, 0.4) is 0 Å². The van der Waals surface area contributed by atoms with Crippen LogP contribution < -0.4 is 10.1 Å². The number of aromatic nitrogens is 1. The molecule has 0 aliphatic rings. The van der Waals surface area contributed by atoms with Crippen LogP contribution in [0.1, 0.15) is 5.56 Å². The number of rotatable bonds is 4. The molecule has 26 heavy (non-hydrogen) atoms. The van der Waals surface area contributed by atoms with Gasteiger partial charge in [0.2, 0.25) is 0 Å². The number of halogens is 4. The van der Waals surface area contributed by atoms with E-state index in [2.05, 4.69) is 31.0 Å². The third-order valence-electron chi connectivity index (χ3n) is 3.08. The van der Waals surface area contributed by atoms with Crippen LogP contribution in [-0.2, 0) is 11.3 Å². The zero-order chi connectivity index (χ0) is 18.7. The van der Waals surface area contributed by atoms with Gasteiger partial charge >= 0.3 is 12.5 Å². The van der Waals surface area contributed by atoms with Crippen LogP contribution in [0.5, 0.6) is 5.75 Å². The summed E-state index contributed by atoms with van der Waals surface area (Å²) in [6, 6.07) is 11.5. The van der Waals surface area contributed by atoms with Gasteiger partial charge in [0.05, 0.1) is 10.2 Å². The van der Waals surface area contributed by atoms with E-state index in [1.165, 1.54) is 6.07 Å². The molecule has 3 aromatic rings. The van der Waals surface area contributed by atoms with Crippen molar-refractivity contribution in [2.45, 2.75) is 13.0 Å². The number of carbonyl (C=O) groups is 1. The van der Waals surface area contributed by atoms with Crippen molar-refractivity contribution in [3.63, 3.8) is 0 Å². The normalized spacial score (nSPS) is 11.4. The number of anilines is 1. The van der Waals surface area contributed by atoms with Gasteiger partial charge in [-0.2, -0.15) is 0 Å². The Kier molecular flexibility index (Phi) is 5.33. The van der Waals surface area contributed by atoms with Crippen LogP contribution in [0.4, 0.5) is 23.1 Å². The minimum absolute atomic E-state index is 0.0881. The van der Waals surface area contributed by atoms with Gasteiger partial charge in [0.15, 0.2) is 5.13 Å². The van der Waals surface area contributed by atoms with Crippen LogP contribution in [0.25, 0.3) is 10.2 Å². The van der Waals surface area contributed by atoms with E-state index in [0.717, 1.165) is 23.0 Å². The van der Waals surface area contributed by atoms with E-state index in [0.29, 0.717) is 14.7 Å². The zero-order valence-electron chi connectivity index (χ0n) is 12.8. The van der Waals surface area contributed by atoms with Crippen LogP contribution >= 0.6 is 27.3 Å². The first-order valence-corrected chi connectivity index (χ1v) is 8.74. The highest BCUT2D eigenvalue weighted by Crippen LogP contribution is 2.36.